The summed E-state index contributed by atoms with van der Waals surface area (Å²) in [6.45, 7) is 2.50. The quantitative estimate of drug-likeness (QED) is 0.0211. The number of phosphoric acid groups is 1. The van der Waals surface area contributed by atoms with Gasteiger partial charge in [-0.2, -0.15) is 0 Å². The minimum absolute atomic E-state index is 0.0432. The van der Waals surface area contributed by atoms with Crippen molar-refractivity contribution in [2.45, 2.75) is 285 Å². The van der Waals surface area contributed by atoms with E-state index in [4.69, 9.17) is 46.7 Å². The Labute approximate surface area is 686 Å². The van der Waals surface area contributed by atoms with Gasteiger partial charge in [-0.05, 0) is 45.4 Å². The van der Waals surface area contributed by atoms with Gasteiger partial charge in [-0.25, -0.2) is 4.57 Å². The number of likely N-dealkylation sites (tertiary alicyclic amines) is 1. The summed E-state index contributed by atoms with van der Waals surface area (Å²) in [6.07, 6.45) is -17.0. The molecule has 3 saturated carbocycles. The number of amides is 6. The molecular weight excluding hydrogens is 1610 g/mol. The molecule has 8 unspecified atom stereocenters. The van der Waals surface area contributed by atoms with Gasteiger partial charge in [0.15, 0.2) is 0 Å². The fourth-order valence-corrected chi connectivity index (χ4v) is 16.4. The normalized spacial score (nSPS) is 29.4. The number of ketones is 5. The maximum atomic E-state index is 14.4. The summed E-state index contributed by atoms with van der Waals surface area (Å²) in [6, 6.07) is -4.09. The van der Waals surface area contributed by atoms with Gasteiger partial charge in [0.2, 0.25) is 35.4 Å². The summed E-state index contributed by atoms with van der Waals surface area (Å²) < 4.78 is 83.5. The van der Waals surface area contributed by atoms with Crippen LogP contribution >= 0.6 is 15.4 Å². The summed E-state index contributed by atoms with van der Waals surface area (Å²) in [5.74, 6) is -7.49. The van der Waals surface area contributed by atoms with Crippen LogP contribution < -0.4 is 26.6 Å². The number of Topliss-reactive ketones (excluding diaryl/α,β-unsaturated/α-hetero) is 5. The Hall–Kier alpha value is -5.25. The van der Waals surface area contributed by atoms with Crippen LogP contribution in [0.1, 0.15) is 170 Å². The molecule has 2 heterocycles. The number of β-amino-alcohol motifs (C(OH)–C–C–N with tert-alkyl or cyclic N) is 1. The number of rotatable bonds is 57. The van der Waals surface area contributed by atoms with Crippen LogP contribution in [0.3, 0.4) is 0 Å². The van der Waals surface area contributed by atoms with E-state index in [1.807, 2.05) is 0 Å². The zero-order chi connectivity index (χ0) is 87.6. The van der Waals surface area contributed by atoms with Gasteiger partial charge < -0.3 is 130 Å². The molecule has 22 atom stereocenters. The molecule has 118 heavy (non-hydrogen) atoms. The summed E-state index contributed by atoms with van der Waals surface area (Å²) in [5, 5.41) is 117. The van der Waals surface area contributed by atoms with Crippen LogP contribution in [0.15, 0.2) is 0 Å². The van der Waals surface area contributed by atoms with E-state index in [0.29, 0.717) is 0 Å². The second kappa shape index (κ2) is 51.7. The molecule has 41 nitrogen and oxygen atoms in total. The minimum atomic E-state index is -4.97. The van der Waals surface area contributed by atoms with Crippen LogP contribution in [0.2, 0.25) is 0 Å². The number of hydrogen-bond donors (Lipinski definition) is 17. The first kappa shape index (κ1) is 103. The van der Waals surface area contributed by atoms with Crippen LogP contribution in [-0.2, 0) is 109 Å². The zero-order valence-corrected chi connectivity index (χ0v) is 70.0. The third-order valence-electron chi connectivity index (χ3n) is 21.4. The highest BCUT2D eigenvalue weighted by Gasteiger charge is 2.49. The van der Waals surface area contributed by atoms with E-state index < -0.39 is 249 Å². The first-order chi connectivity index (χ1) is 55.7. The lowest BCUT2D eigenvalue weighted by atomic mass is 9.79. The van der Waals surface area contributed by atoms with Crippen LogP contribution in [0.5, 0.6) is 0 Å². The second-order valence-electron chi connectivity index (χ2n) is 31.5. The van der Waals surface area contributed by atoms with E-state index in [1.165, 1.54) is 34.6 Å². The van der Waals surface area contributed by atoms with Gasteiger partial charge in [0.05, 0.1) is 151 Å². The fraction of sp³-hybridized carbons (Fsp3) is 0.853. The van der Waals surface area contributed by atoms with Crippen LogP contribution in [0, 0.1) is 17.8 Å². The standard InChI is InChI=1S/C75H128N6O35P2/c1-43(2)117(103,104)113-39-62-58(29-44(3)115-62)116-118(105,106)114-38-51-33-57(93)34-81(51)65(96)14-13-64(95)80-75(40-107-23-16-52(88)9-7-11-54(90)18-26-110-59-30-48(35-82)69(97)72(100)66(59)77-45(4)85,41-108-24-17-53(89)10-8-12-55(91)19-27-111-60-31-49(36-83)70(98)73(101)67(60)78-46(5)86)42-109-25-21-63(94)76-22-15-56(92)20-28-112-61-32-50(37-84)71(99)74(102)68(61)79-47(6)87/h43-44,48-51,57-62,66-74,82-84,93,97-102H,7-42H2,1-6H3,(H,76,94)(H,77,85)(H,78,86)(H,79,87)(H,80,95)(H,103,104)(H,105,106)/t44-,48?,49?,50?,51-,57+,58-,59+,60+,61+,62+,66?,67?,68?,69-,70-,71-,72+,73+,74+,75?/m0/s1. The molecule has 0 radical (unpaired) electrons. The third-order valence-corrected chi connectivity index (χ3v) is 24.2. The average Bonchev–Trinajstić information content (AvgIpc) is 1.18. The van der Waals surface area contributed by atoms with Crippen molar-refractivity contribution in [3.63, 3.8) is 0 Å². The van der Waals surface area contributed by atoms with E-state index in [0.717, 1.165) is 4.90 Å². The van der Waals surface area contributed by atoms with Gasteiger partial charge in [-0.15, -0.1) is 0 Å². The second-order valence-corrected chi connectivity index (χ2v) is 35.4. The maximum absolute atomic E-state index is 14.4. The number of carbonyl (C=O) groups excluding carboxylic acids is 11. The molecule has 0 spiro atoms. The number of ether oxygens (including phenoxy) is 7. The molecule has 0 aromatic heterocycles. The molecule has 0 aromatic rings. The average molecular weight is 1740 g/mol. The van der Waals surface area contributed by atoms with Crippen molar-refractivity contribution < 1.29 is 169 Å². The molecule has 2 saturated heterocycles. The van der Waals surface area contributed by atoms with Gasteiger partial charge in [-0.3, -0.25) is 66.4 Å². The number of carbonyl (C=O) groups is 11. The van der Waals surface area contributed by atoms with Gasteiger partial charge in [-0.1, -0.05) is 13.8 Å². The van der Waals surface area contributed by atoms with E-state index in [9.17, 15) is 123 Å². The first-order valence-electron chi connectivity index (χ1n) is 40.4. The molecule has 3 aliphatic carbocycles. The Bertz CT molecular complexity index is 3080. The largest absolute Gasteiger partial charge is 0.472 e. The molecule has 5 aliphatic rings. The molecule has 678 valence electrons. The lowest BCUT2D eigenvalue weighted by molar-refractivity contribution is -0.144. The fourth-order valence-electron chi connectivity index (χ4n) is 14.7. The minimum Gasteiger partial charge on any atom is -0.396 e. The topological polar surface area (TPSA) is 620 Å². The smallest absolute Gasteiger partial charge is 0.396 e. The highest BCUT2D eigenvalue weighted by Crippen LogP contribution is 2.50. The summed E-state index contributed by atoms with van der Waals surface area (Å²) in [4.78, 5) is 165. The highest BCUT2D eigenvalue weighted by atomic mass is 31.2. The third kappa shape index (κ3) is 35.5. The molecule has 43 heteroatoms. The summed E-state index contributed by atoms with van der Waals surface area (Å²) in [7, 11) is -9.05. The van der Waals surface area contributed by atoms with Gasteiger partial charge in [0.25, 0.3) is 0 Å². The van der Waals surface area contributed by atoms with Crippen LogP contribution in [-0.4, -0.2) is 350 Å². The van der Waals surface area contributed by atoms with Gasteiger partial charge in [0.1, 0.15) is 65.0 Å². The van der Waals surface area contributed by atoms with E-state index in [-0.39, 0.29) is 197 Å². The van der Waals surface area contributed by atoms with Crippen molar-refractivity contribution in [3.05, 3.63) is 0 Å². The predicted octanol–water partition coefficient (Wildman–Crippen LogP) is -3.17. The zero-order valence-electron chi connectivity index (χ0n) is 68.2. The monoisotopic (exact) mass is 1730 g/mol. The number of nitrogens with one attached hydrogen (secondary N) is 5. The summed E-state index contributed by atoms with van der Waals surface area (Å²) in [5.41, 5.74) is -2.52. The number of phosphoric ester groups is 1. The van der Waals surface area contributed by atoms with E-state index in [1.54, 1.807) is 6.92 Å². The number of hydrogen-bond acceptors (Lipinski definition) is 33. The van der Waals surface area contributed by atoms with Crippen molar-refractivity contribution in [1.82, 2.24) is 31.5 Å². The Morgan fingerprint density at radius 3 is 1.27 bits per heavy atom. The Morgan fingerprint density at radius 2 is 0.873 bits per heavy atom. The molecule has 5 fully saturated rings. The molecule has 17 N–H and O–H groups in total. The van der Waals surface area contributed by atoms with Gasteiger partial charge in [0, 0.05) is 161 Å². The number of aliphatic hydroxyl groups excluding tert-OH is 10. The van der Waals surface area contributed by atoms with E-state index >= 15 is 0 Å². The maximum Gasteiger partial charge on any atom is 0.472 e. The van der Waals surface area contributed by atoms with Crippen LogP contribution in [0.4, 0.5) is 0 Å². The van der Waals surface area contributed by atoms with Crippen LogP contribution in [0.25, 0.3) is 0 Å². The SMILES string of the molecule is CC(=O)NC1[C@@H](O)[C@@H](O)C(CO)C[C@H]1OCCC(=O)CCCC(=O)CCOCC(COCCC(=O)CCCC(=O)CCO[C@@H]1CC(CO)[C@H](O)[C@H](O)C1NC(C)=O)(COCCC(=O)NCCC(=O)CCO[C@@H]1CC(CO)[C@H](O)[C@H](O)C1NC(C)=O)NC(=O)CCC(=O)N1C[C@H](O)C[C@H]1COP(=O)(O)O[C@H]1C[C@H](C)O[C@@H]1COP(=O)(O)C(C)C. The van der Waals surface area contributed by atoms with E-state index in [2.05, 4.69) is 26.6 Å². The molecule has 6 amide bonds. The molecule has 0 bridgehead atoms. The predicted molar refractivity (Wildman–Crippen MR) is 411 cm³/mol. The molecule has 0 aromatic carbocycles. The number of aliphatic hydroxyl groups is 10. The lowest BCUT2D eigenvalue weighted by Gasteiger charge is -2.42. The van der Waals surface area contributed by atoms with Crippen molar-refractivity contribution in [3.8, 4) is 0 Å². The molecular formula is C75H128N6O35P2. The van der Waals surface area contributed by atoms with Crippen molar-refractivity contribution >= 4 is 79.8 Å². The first-order valence-corrected chi connectivity index (χ1v) is 43.6. The lowest BCUT2D eigenvalue weighted by Crippen LogP contribution is -2.61. The Morgan fingerprint density at radius 1 is 0.475 bits per heavy atom. The molecule has 2 aliphatic heterocycles. The summed E-state index contributed by atoms with van der Waals surface area (Å²) >= 11 is 0. The Balaban J connectivity index is 1.26. The van der Waals surface area contributed by atoms with Crippen molar-refractivity contribution in [2.24, 2.45) is 17.8 Å². The molecule has 5 rings (SSSR count). The Kier molecular flexibility index (Phi) is 45.3. The van der Waals surface area contributed by atoms with Crippen molar-refractivity contribution in [1.29, 1.82) is 0 Å². The van der Waals surface area contributed by atoms with Crippen molar-refractivity contribution in [2.75, 3.05) is 106 Å². The highest BCUT2D eigenvalue weighted by molar-refractivity contribution is 7.53. The number of nitrogens with zero attached hydrogens (tertiary/aromatic N) is 1. The van der Waals surface area contributed by atoms with Gasteiger partial charge >= 0.3 is 15.4 Å².